The Bertz CT molecular complexity index is 1300. The Morgan fingerprint density at radius 3 is 2.47 bits per heavy atom. The van der Waals surface area contributed by atoms with Gasteiger partial charge in [-0.3, -0.25) is 19.7 Å². The van der Waals surface area contributed by atoms with E-state index in [1.807, 2.05) is 18.2 Å². The fraction of sp³-hybridized carbons (Fsp3) is 0. The number of amides is 1. The molecule has 7 nitrogen and oxygen atoms in total. The number of carbonyl (C=O) groups is 2. The van der Waals surface area contributed by atoms with E-state index in [0.717, 1.165) is 11.1 Å². The smallest absolute Gasteiger partial charge is 0.298 e. The molecule has 0 spiro atoms. The molecule has 0 bridgehead atoms. The van der Waals surface area contributed by atoms with Crippen molar-refractivity contribution in [1.29, 1.82) is 0 Å². The fourth-order valence-corrected chi connectivity index (χ4v) is 3.32. The largest absolute Gasteiger partial charge is 0.319 e. The Labute approximate surface area is 175 Å². The summed E-state index contributed by atoms with van der Waals surface area (Å²) in [5.41, 5.74) is 2.23. The number of nitrogens with one attached hydrogen (secondary N) is 1. The zero-order chi connectivity index (χ0) is 21.3. The molecule has 0 atom stereocenters. The van der Waals surface area contributed by atoms with Gasteiger partial charge in [0.05, 0.1) is 4.92 Å². The summed E-state index contributed by atoms with van der Waals surface area (Å²) in [5.74, 6) is -1.66. The van der Waals surface area contributed by atoms with E-state index in [4.69, 9.17) is 11.6 Å². The molecule has 148 valence electrons. The number of pyridine rings is 1. The monoisotopic (exact) mass is 419 g/mol. The molecule has 0 aliphatic rings. The molecule has 0 fully saturated rings. The lowest BCUT2D eigenvalue weighted by Gasteiger charge is -2.08. The van der Waals surface area contributed by atoms with Crippen molar-refractivity contribution in [3.8, 4) is 11.1 Å². The molecule has 0 radical (unpaired) electrons. The van der Waals surface area contributed by atoms with E-state index in [1.165, 1.54) is 24.3 Å². The molecule has 0 aliphatic heterocycles. The number of carbonyl (C=O) groups excluding carboxylic acids is 2. The highest BCUT2D eigenvalue weighted by Crippen LogP contribution is 2.29. The minimum absolute atomic E-state index is 0.163. The third-order valence-electron chi connectivity index (χ3n) is 4.57. The number of benzene rings is 2. The van der Waals surface area contributed by atoms with Gasteiger partial charge >= 0.3 is 0 Å². The molecule has 2 heterocycles. The number of hydrogen-bond donors (Lipinski definition) is 1. The number of ketones is 1. The predicted octanol–water partition coefficient (Wildman–Crippen LogP) is 4.99. The number of anilines is 1. The number of rotatable bonds is 5. The van der Waals surface area contributed by atoms with Crippen LogP contribution in [-0.2, 0) is 4.79 Å². The average molecular weight is 420 g/mol. The second kappa shape index (κ2) is 7.81. The summed E-state index contributed by atoms with van der Waals surface area (Å²) in [4.78, 5) is 36.2. The highest BCUT2D eigenvalue weighted by molar-refractivity contribution is 6.47. The van der Waals surface area contributed by atoms with Gasteiger partial charge in [0.2, 0.25) is 0 Å². The van der Waals surface area contributed by atoms with Crippen LogP contribution >= 0.6 is 11.6 Å². The van der Waals surface area contributed by atoms with Crippen LogP contribution in [0.25, 0.3) is 16.6 Å². The van der Waals surface area contributed by atoms with Gasteiger partial charge in [0.15, 0.2) is 0 Å². The van der Waals surface area contributed by atoms with E-state index in [2.05, 4.69) is 5.32 Å². The molecule has 2 aromatic heterocycles. The van der Waals surface area contributed by atoms with E-state index < -0.39 is 16.6 Å². The van der Waals surface area contributed by atoms with E-state index in [-0.39, 0.29) is 17.1 Å². The van der Waals surface area contributed by atoms with Crippen molar-refractivity contribution in [2.24, 2.45) is 0 Å². The number of hydrogen-bond acceptors (Lipinski definition) is 4. The molecular formula is C22H14ClN3O4. The van der Waals surface area contributed by atoms with E-state index in [0.29, 0.717) is 10.6 Å². The van der Waals surface area contributed by atoms with Gasteiger partial charge in [-0.1, -0.05) is 35.9 Å². The van der Waals surface area contributed by atoms with Crippen molar-refractivity contribution in [1.82, 2.24) is 4.40 Å². The van der Waals surface area contributed by atoms with Crippen LogP contribution in [0.5, 0.6) is 0 Å². The zero-order valence-electron chi connectivity index (χ0n) is 15.4. The number of nitro benzene ring substituents is 1. The minimum Gasteiger partial charge on any atom is -0.319 e. The topological polar surface area (TPSA) is 93.7 Å². The number of aromatic nitrogens is 1. The fourth-order valence-electron chi connectivity index (χ4n) is 3.20. The first-order chi connectivity index (χ1) is 14.4. The van der Waals surface area contributed by atoms with Gasteiger partial charge in [-0.05, 0) is 42.0 Å². The number of nitrogens with zero attached hydrogens (tertiary/aromatic N) is 2. The molecule has 4 aromatic rings. The maximum atomic E-state index is 13.1. The van der Waals surface area contributed by atoms with Gasteiger partial charge in [0.25, 0.3) is 17.4 Å². The van der Waals surface area contributed by atoms with Crippen LogP contribution in [0.3, 0.4) is 0 Å². The third-order valence-corrected chi connectivity index (χ3v) is 4.82. The molecule has 0 unspecified atom stereocenters. The number of halogens is 1. The van der Waals surface area contributed by atoms with Crippen molar-refractivity contribution in [3.63, 3.8) is 0 Å². The van der Waals surface area contributed by atoms with Crippen LogP contribution in [0, 0.1) is 10.1 Å². The second-order valence-corrected chi connectivity index (χ2v) is 6.94. The van der Waals surface area contributed by atoms with Gasteiger partial charge in [0.1, 0.15) is 5.69 Å². The summed E-state index contributed by atoms with van der Waals surface area (Å²) in [5, 5.41) is 13.9. The first-order valence-corrected chi connectivity index (χ1v) is 9.28. The number of fused-ring (bicyclic) bond motifs is 1. The molecule has 30 heavy (non-hydrogen) atoms. The molecule has 0 saturated carbocycles. The summed E-state index contributed by atoms with van der Waals surface area (Å²) in [7, 11) is 0. The van der Waals surface area contributed by atoms with Gasteiger partial charge in [0, 0.05) is 40.1 Å². The lowest BCUT2D eigenvalue weighted by Crippen LogP contribution is -2.24. The number of Topliss-reactive ketones (excluding diaryl/α,β-unsaturated/α-hetero) is 1. The molecule has 1 N–H and O–H groups in total. The Balaban J connectivity index is 1.74. The van der Waals surface area contributed by atoms with E-state index in [9.17, 15) is 19.7 Å². The maximum absolute atomic E-state index is 13.1. The van der Waals surface area contributed by atoms with Crippen LogP contribution in [0.4, 0.5) is 11.4 Å². The SMILES string of the molecule is O=C(Nc1cccc([N+](=O)[O-])c1)C(=O)c1c(-c2ccc(Cl)cc2)cc2ccccn12. The highest BCUT2D eigenvalue weighted by atomic mass is 35.5. The van der Waals surface area contributed by atoms with E-state index >= 15 is 0 Å². The zero-order valence-corrected chi connectivity index (χ0v) is 16.2. The highest BCUT2D eigenvalue weighted by Gasteiger charge is 2.25. The predicted molar refractivity (Wildman–Crippen MR) is 114 cm³/mol. The van der Waals surface area contributed by atoms with Crippen LogP contribution < -0.4 is 5.32 Å². The third kappa shape index (κ3) is 3.66. The molecule has 2 aromatic carbocycles. The van der Waals surface area contributed by atoms with Gasteiger partial charge in [-0.15, -0.1) is 0 Å². The lowest BCUT2D eigenvalue weighted by atomic mass is 10.0. The van der Waals surface area contributed by atoms with Crippen molar-refractivity contribution < 1.29 is 14.5 Å². The van der Waals surface area contributed by atoms with Crippen molar-refractivity contribution in [2.75, 3.05) is 5.32 Å². The Hall–Kier alpha value is -3.97. The first-order valence-electron chi connectivity index (χ1n) is 8.90. The molecule has 0 aliphatic carbocycles. The Morgan fingerprint density at radius 2 is 1.73 bits per heavy atom. The molecule has 4 rings (SSSR count). The van der Waals surface area contributed by atoms with Crippen LogP contribution in [0.1, 0.15) is 10.5 Å². The average Bonchev–Trinajstić information content (AvgIpc) is 3.13. The molecule has 1 amide bonds. The van der Waals surface area contributed by atoms with Crippen molar-refractivity contribution in [2.45, 2.75) is 0 Å². The Morgan fingerprint density at radius 1 is 0.967 bits per heavy atom. The van der Waals surface area contributed by atoms with Crippen molar-refractivity contribution >= 4 is 40.2 Å². The number of non-ortho nitro benzene ring substituents is 1. The standard InChI is InChI=1S/C22H14ClN3O4/c23-15-9-7-14(8-10-15)19-13-17-5-1-2-11-25(17)20(19)21(27)22(28)24-16-4-3-6-18(12-16)26(29)30/h1-13H,(H,24,28). The molecule has 8 heteroatoms. The summed E-state index contributed by atoms with van der Waals surface area (Å²) in [6, 6.07) is 19.6. The Kier molecular flexibility index (Phi) is 5.04. The van der Waals surface area contributed by atoms with Crippen LogP contribution in [0.15, 0.2) is 79.0 Å². The summed E-state index contributed by atoms with van der Waals surface area (Å²) in [6.07, 6.45) is 1.70. The number of nitro groups is 1. The maximum Gasteiger partial charge on any atom is 0.298 e. The minimum atomic E-state index is -0.894. The van der Waals surface area contributed by atoms with Crippen LogP contribution in [0.2, 0.25) is 5.02 Å². The lowest BCUT2D eigenvalue weighted by molar-refractivity contribution is -0.384. The normalized spacial score (nSPS) is 10.7. The summed E-state index contributed by atoms with van der Waals surface area (Å²) >= 11 is 5.97. The first kappa shape index (κ1) is 19.4. The summed E-state index contributed by atoms with van der Waals surface area (Å²) < 4.78 is 1.64. The van der Waals surface area contributed by atoms with Gasteiger partial charge in [-0.25, -0.2) is 0 Å². The van der Waals surface area contributed by atoms with Crippen molar-refractivity contribution in [3.05, 3.63) is 99.8 Å². The van der Waals surface area contributed by atoms with E-state index in [1.54, 1.807) is 40.9 Å². The molecular weight excluding hydrogens is 406 g/mol. The van der Waals surface area contributed by atoms with Gasteiger partial charge < -0.3 is 9.72 Å². The summed E-state index contributed by atoms with van der Waals surface area (Å²) in [6.45, 7) is 0. The quantitative estimate of drug-likeness (QED) is 0.213. The van der Waals surface area contributed by atoms with Crippen LogP contribution in [-0.4, -0.2) is 21.0 Å². The molecule has 0 saturated heterocycles. The second-order valence-electron chi connectivity index (χ2n) is 6.50. The van der Waals surface area contributed by atoms with Gasteiger partial charge in [-0.2, -0.15) is 0 Å².